The van der Waals surface area contributed by atoms with Crippen LogP contribution in [0.1, 0.15) is 41.7 Å². The zero-order valence-electron chi connectivity index (χ0n) is 17.1. The van der Waals surface area contributed by atoms with E-state index in [1.165, 1.54) is 0 Å². The maximum Gasteiger partial charge on any atom is 0.246 e. The van der Waals surface area contributed by atoms with Crippen LogP contribution in [0.2, 0.25) is 0 Å². The van der Waals surface area contributed by atoms with Gasteiger partial charge in [0.15, 0.2) is 0 Å². The van der Waals surface area contributed by atoms with Crippen LogP contribution in [0, 0.1) is 6.92 Å². The van der Waals surface area contributed by atoms with Crippen molar-refractivity contribution in [1.29, 1.82) is 0 Å². The zero-order chi connectivity index (χ0) is 20.9. The predicted molar refractivity (Wildman–Crippen MR) is 115 cm³/mol. The highest BCUT2D eigenvalue weighted by Gasteiger charge is 2.51. The monoisotopic (exact) mass is 401 g/mol. The van der Waals surface area contributed by atoms with Crippen LogP contribution in [0.5, 0.6) is 0 Å². The van der Waals surface area contributed by atoms with Gasteiger partial charge in [-0.15, -0.1) is 0 Å². The SMILES string of the molecule is Cc1c(CN(C)C(=O)/C=C/c2cnc3c(c2)C2(CCC2)C(=O)N3)oc2ccccc12. The van der Waals surface area contributed by atoms with Crippen LogP contribution in [0.4, 0.5) is 5.82 Å². The maximum atomic E-state index is 12.6. The molecule has 0 saturated heterocycles. The highest BCUT2D eigenvalue weighted by atomic mass is 16.3. The lowest BCUT2D eigenvalue weighted by atomic mass is 9.65. The van der Waals surface area contributed by atoms with Crippen LogP contribution in [0.15, 0.2) is 47.0 Å². The number of nitrogens with zero attached hydrogens (tertiary/aromatic N) is 2. The minimum absolute atomic E-state index is 0.0504. The molecule has 0 unspecified atom stereocenters. The normalized spacial score (nSPS) is 16.7. The predicted octanol–water partition coefficient (Wildman–Crippen LogP) is 4.18. The van der Waals surface area contributed by atoms with Gasteiger partial charge in [0.25, 0.3) is 0 Å². The third kappa shape index (κ3) is 2.83. The molecule has 1 N–H and O–H groups in total. The molecule has 1 fully saturated rings. The molecule has 3 heterocycles. The van der Waals surface area contributed by atoms with Crippen molar-refractivity contribution < 1.29 is 14.0 Å². The molecule has 0 bridgehead atoms. The Morgan fingerprint density at radius 2 is 2.13 bits per heavy atom. The van der Waals surface area contributed by atoms with Gasteiger partial charge in [-0.2, -0.15) is 0 Å². The van der Waals surface area contributed by atoms with Gasteiger partial charge >= 0.3 is 0 Å². The Bertz CT molecular complexity index is 1200. The summed E-state index contributed by atoms with van der Waals surface area (Å²) in [6.45, 7) is 2.41. The molecule has 30 heavy (non-hydrogen) atoms. The van der Waals surface area contributed by atoms with Crippen molar-refractivity contribution in [3.05, 3.63) is 65.1 Å². The molecule has 1 aromatic carbocycles. The average molecular weight is 401 g/mol. The van der Waals surface area contributed by atoms with Gasteiger partial charge < -0.3 is 14.6 Å². The number of aryl methyl sites for hydroxylation is 1. The number of para-hydroxylation sites is 1. The third-order valence-corrected chi connectivity index (χ3v) is 6.42. The lowest BCUT2D eigenvalue weighted by Gasteiger charge is -2.35. The number of likely N-dealkylation sites (N-methyl/N-ethyl adjacent to an activating group) is 1. The first-order chi connectivity index (χ1) is 14.5. The number of carbonyl (C=O) groups is 2. The number of hydrogen-bond donors (Lipinski definition) is 1. The molecule has 1 saturated carbocycles. The molecule has 152 valence electrons. The number of fused-ring (bicyclic) bond motifs is 3. The fourth-order valence-corrected chi connectivity index (χ4v) is 4.38. The number of anilines is 1. The molecule has 6 heteroatoms. The molecule has 2 aromatic heterocycles. The lowest BCUT2D eigenvalue weighted by molar-refractivity contribution is -0.125. The Labute approximate surface area is 174 Å². The second-order valence-corrected chi connectivity index (χ2v) is 8.23. The first-order valence-electron chi connectivity index (χ1n) is 10.2. The molecule has 5 rings (SSSR count). The fourth-order valence-electron chi connectivity index (χ4n) is 4.38. The van der Waals surface area contributed by atoms with E-state index in [0.29, 0.717) is 12.4 Å². The van der Waals surface area contributed by atoms with Crippen molar-refractivity contribution in [2.45, 2.75) is 38.1 Å². The summed E-state index contributed by atoms with van der Waals surface area (Å²) in [6, 6.07) is 9.85. The number of rotatable bonds is 4. The van der Waals surface area contributed by atoms with Crippen LogP contribution < -0.4 is 5.32 Å². The Morgan fingerprint density at radius 3 is 2.87 bits per heavy atom. The lowest BCUT2D eigenvalue weighted by Crippen LogP contribution is -2.40. The van der Waals surface area contributed by atoms with Crippen LogP contribution >= 0.6 is 0 Å². The molecular weight excluding hydrogens is 378 g/mol. The molecule has 6 nitrogen and oxygen atoms in total. The van der Waals surface area contributed by atoms with Gasteiger partial charge in [0.2, 0.25) is 11.8 Å². The van der Waals surface area contributed by atoms with E-state index in [-0.39, 0.29) is 11.8 Å². The van der Waals surface area contributed by atoms with E-state index in [1.807, 2.05) is 37.3 Å². The zero-order valence-corrected chi connectivity index (χ0v) is 17.1. The summed E-state index contributed by atoms with van der Waals surface area (Å²) in [7, 11) is 1.76. The summed E-state index contributed by atoms with van der Waals surface area (Å²) < 4.78 is 5.92. The second kappa shape index (κ2) is 6.83. The molecule has 3 aromatic rings. The molecule has 1 aliphatic heterocycles. The van der Waals surface area contributed by atoms with Gasteiger partial charge in [-0.05, 0) is 43.5 Å². The van der Waals surface area contributed by atoms with E-state index >= 15 is 0 Å². The number of hydrogen-bond acceptors (Lipinski definition) is 4. The van der Waals surface area contributed by atoms with E-state index in [1.54, 1.807) is 30.3 Å². The van der Waals surface area contributed by atoms with Crippen LogP contribution in [0.25, 0.3) is 17.0 Å². The largest absolute Gasteiger partial charge is 0.459 e. The fraction of sp³-hybridized carbons (Fsp3) is 0.292. The van der Waals surface area contributed by atoms with Crippen LogP contribution in [-0.2, 0) is 21.5 Å². The van der Waals surface area contributed by atoms with E-state index in [9.17, 15) is 9.59 Å². The number of carbonyl (C=O) groups excluding carboxylic acids is 2. The van der Waals surface area contributed by atoms with Crippen molar-refractivity contribution in [2.24, 2.45) is 0 Å². The van der Waals surface area contributed by atoms with Gasteiger partial charge in [-0.25, -0.2) is 4.98 Å². The molecule has 0 radical (unpaired) electrons. The Kier molecular flexibility index (Phi) is 4.24. The van der Waals surface area contributed by atoms with Gasteiger partial charge in [0.05, 0.1) is 12.0 Å². The smallest absolute Gasteiger partial charge is 0.246 e. The summed E-state index contributed by atoms with van der Waals surface area (Å²) in [5, 5.41) is 3.95. The van der Waals surface area contributed by atoms with Crippen molar-refractivity contribution in [1.82, 2.24) is 9.88 Å². The Hall–Kier alpha value is -3.41. The van der Waals surface area contributed by atoms with Crippen molar-refractivity contribution in [3.8, 4) is 0 Å². The first-order valence-corrected chi connectivity index (χ1v) is 10.2. The molecular formula is C24H23N3O3. The molecule has 0 atom stereocenters. The van der Waals surface area contributed by atoms with E-state index in [4.69, 9.17) is 4.42 Å². The Balaban J connectivity index is 1.32. The molecule has 1 spiro atoms. The molecule has 1 aliphatic carbocycles. The number of aromatic nitrogens is 1. The van der Waals surface area contributed by atoms with Crippen LogP contribution in [0.3, 0.4) is 0 Å². The third-order valence-electron chi connectivity index (χ3n) is 6.42. The first kappa shape index (κ1) is 18.6. The summed E-state index contributed by atoms with van der Waals surface area (Å²) in [5.41, 5.74) is 3.25. The summed E-state index contributed by atoms with van der Waals surface area (Å²) in [5.74, 6) is 1.37. The van der Waals surface area contributed by atoms with E-state index < -0.39 is 5.41 Å². The highest BCUT2D eigenvalue weighted by molar-refractivity contribution is 6.06. The highest BCUT2D eigenvalue weighted by Crippen LogP contribution is 2.50. The number of nitrogens with one attached hydrogen (secondary N) is 1. The minimum Gasteiger partial charge on any atom is -0.459 e. The van der Waals surface area contributed by atoms with E-state index in [2.05, 4.69) is 10.3 Å². The molecule has 2 amide bonds. The maximum absolute atomic E-state index is 12.6. The minimum atomic E-state index is -0.411. The van der Waals surface area contributed by atoms with Gasteiger partial charge in [0.1, 0.15) is 17.2 Å². The summed E-state index contributed by atoms with van der Waals surface area (Å²) in [6.07, 6.45) is 7.76. The summed E-state index contributed by atoms with van der Waals surface area (Å²) >= 11 is 0. The molecule has 2 aliphatic rings. The number of benzene rings is 1. The topological polar surface area (TPSA) is 75.4 Å². The van der Waals surface area contributed by atoms with Gasteiger partial charge in [-0.1, -0.05) is 24.6 Å². The average Bonchev–Trinajstić information content (AvgIpc) is 3.19. The van der Waals surface area contributed by atoms with Crippen molar-refractivity contribution >= 4 is 34.7 Å². The Morgan fingerprint density at radius 1 is 1.33 bits per heavy atom. The number of furan rings is 1. The number of amides is 2. The van der Waals surface area contributed by atoms with Gasteiger partial charge in [-0.3, -0.25) is 9.59 Å². The standard InChI is InChI=1S/C24H23N3O3/c1-15-17-6-3-4-7-19(17)30-20(15)14-27(2)21(28)9-8-16-12-18-22(25-13-16)26-23(29)24(18)10-5-11-24/h3-4,6-9,12-13H,5,10-11,14H2,1-2H3,(H,25,26,29)/b9-8+. The second-order valence-electron chi connectivity index (χ2n) is 8.23. The van der Waals surface area contributed by atoms with Gasteiger partial charge in [0, 0.05) is 35.8 Å². The number of pyridine rings is 1. The summed E-state index contributed by atoms with van der Waals surface area (Å²) in [4.78, 5) is 31.0. The van der Waals surface area contributed by atoms with Crippen molar-refractivity contribution in [3.63, 3.8) is 0 Å². The van der Waals surface area contributed by atoms with Crippen LogP contribution in [-0.4, -0.2) is 28.7 Å². The van der Waals surface area contributed by atoms with E-state index in [0.717, 1.165) is 52.7 Å². The van der Waals surface area contributed by atoms with Crippen molar-refractivity contribution in [2.75, 3.05) is 12.4 Å². The quantitative estimate of drug-likeness (QED) is 0.666.